The Morgan fingerprint density at radius 1 is 1.07 bits per heavy atom. The van der Waals surface area contributed by atoms with E-state index in [1.807, 2.05) is 63.9 Å². The van der Waals surface area contributed by atoms with Crippen molar-refractivity contribution in [3.05, 3.63) is 48.0 Å². The van der Waals surface area contributed by atoms with Gasteiger partial charge in [0.25, 0.3) is 5.91 Å². The van der Waals surface area contributed by atoms with Gasteiger partial charge in [0.15, 0.2) is 5.82 Å². The van der Waals surface area contributed by atoms with E-state index < -0.39 is 11.7 Å². The molecule has 4 aromatic rings. The average Bonchev–Trinajstić information content (AvgIpc) is 3.43. The number of rotatable bonds is 6. The van der Waals surface area contributed by atoms with E-state index in [0.29, 0.717) is 25.3 Å². The van der Waals surface area contributed by atoms with Crippen molar-refractivity contribution in [3.63, 3.8) is 0 Å². The van der Waals surface area contributed by atoms with Crippen molar-refractivity contribution in [1.29, 1.82) is 0 Å². The Bertz CT molecular complexity index is 1560. The Kier molecular flexibility index (Phi) is 7.49. The molecule has 3 heterocycles. The molecule has 1 saturated heterocycles. The molecular formula is C31H39N5O4. The highest BCUT2D eigenvalue weighted by Crippen LogP contribution is 2.32. The quantitative estimate of drug-likeness (QED) is 0.334. The number of aryl methyl sites for hydroxylation is 2. The fourth-order valence-corrected chi connectivity index (χ4v) is 5.51. The van der Waals surface area contributed by atoms with Crippen LogP contribution in [0.1, 0.15) is 57.8 Å². The van der Waals surface area contributed by atoms with Crippen molar-refractivity contribution in [1.82, 2.24) is 24.3 Å². The monoisotopic (exact) mass is 545 g/mol. The molecule has 0 aliphatic carbocycles. The summed E-state index contributed by atoms with van der Waals surface area (Å²) in [7, 11) is 2.01. The summed E-state index contributed by atoms with van der Waals surface area (Å²) in [4.78, 5) is 32.6. The SMILES string of the molecule is CCOc1ccc2cc(-c3nc4cc(C(=O)N5CCC[C@@H](NC(=O)OC(C)(C)C)C5)ccc4n3C)n(CC)c2c1. The van der Waals surface area contributed by atoms with Gasteiger partial charge in [0, 0.05) is 49.7 Å². The van der Waals surface area contributed by atoms with E-state index in [1.54, 1.807) is 0 Å². The molecule has 2 aromatic heterocycles. The summed E-state index contributed by atoms with van der Waals surface area (Å²) in [6.07, 6.45) is 1.17. The first kappa shape index (κ1) is 27.6. The minimum atomic E-state index is -0.566. The van der Waals surface area contributed by atoms with Crippen molar-refractivity contribution < 1.29 is 19.1 Å². The van der Waals surface area contributed by atoms with Crippen LogP contribution in [0.5, 0.6) is 5.75 Å². The highest BCUT2D eigenvalue weighted by molar-refractivity contribution is 5.98. The molecule has 0 bridgehead atoms. The number of ether oxygens (including phenoxy) is 2. The zero-order chi connectivity index (χ0) is 28.6. The number of imidazole rings is 1. The zero-order valence-electron chi connectivity index (χ0n) is 24.3. The van der Waals surface area contributed by atoms with Gasteiger partial charge >= 0.3 is 6.09 Å². The summed E-state index contributed by atoms with van der Waals surface area (Å²) in [6, 6.07) is 13.9. The lowest BCUT2D eigenvalue weighted by Gasteiger charge is -2.33. The van der Waals surface area contributed by atoms with Crippen LogP contribution in [-0.2, 0) is 18.3 Å². The fraction of sp³-hybridized carbons (Fsp3) is 0.452. The highest BCUT2D eigenvalue weighted by Gasteiger charge is 2.28. The van der Waals surface area contributed by atoms with E-state index in [2.05, 4.69) is 39.6 Å². The number of aromatic nitrogens is 3. The van der Waals surface area contributed by atoms with Crippen LogP contribution >= 0.6 is 0 Å². The maximum absolute atomic E-state index is 13.5. The minimum Gasteiger partial charge on any atom is -0.494 e. The first-order valence-corrected chi connectivity index (χ1v) is 14.1. The maximum atomic E-state index is 13.5. The van der Waals surface area contributed by atoms with Gasteiger partial charge in [-0.2, -0.15) is 0 Å². The van der Waals surface area contributed by atoms with Crippen molar-refractivity contribution in [2.45, 2.75) is 65.6 Å². The Morgan fingerprint density at radius 2 is 1.88 bits per heavy atom. The summed E-state index contributed by atoms with van der Waals surface area (Å²) in [5.41, 5.74) is 3.87. The summed E-state index contributed by atoms with van der Waals surface area (Å²) < 4.78 is 15.5. The second-order valence-electron chi connectivity index (χ2n) is 11.4. The van der Waals surface area contributed by atoms with E-state index in [-0.39, 0.29) is 11.9 Å². The molecule has 1 fully saturated rings. The van der Waals surface area contributed by atoms with E-state index in [0.717, 1.165) is 58.6 Å². The average molecular weight is 546 g/mol. The number of carbonyl (C=O) groups excluding carboxylic acids is 2. The Balaban J connectivity index is 1.40. The van der Waals surface area contributed by atoms with E-state index in [4.69, 9.17) is 14.5 Å². The second kappa shape index (κ2) is 10.9. The van der Waals surface area contributed by atoms with Crippen LogP contribution in [0.2, 0.25) is 0 Å². The molecule has 0 saturated carbocycles. The second-order valence-corrected chi connectivity index (χ2v) is 11.4. The number of piperidine rings is 1. The predicted molar refractivity (Wildman–Crippen MR) is 157 cm³/mol. The lowest BCUT2D eigenvalue weighted by Crippen LogP contribution is -2.50. The van der Waals surface area contributed by atoms with E-state index in [1.165, 1.54) is 0 Å². The Labute approximate surface area is 235 Å². The van der Waals surface area contributed by atoms with Crippen LogP contribution in [0.3, 0.4) is 0 Å². The molecule has 9 heteroatoms. The third-order valence-electron chi connectivity index (χ3n) is 7.29. The molecule has 40 heavy (non-hydrogen) atoms. The number of likely N-dealkylation sites (tertiary alicyclic amines) is 1. The third kappa shape index (κ3) is 5.50. The van der Waals surface area contributed by atoms with Gasteiger partial charge in [-0.3, -0.25) is 4.79 Å². The Hall–Kier alpha value is -4.01. The first-order chi connectivity index (χ1) is 19.1. The predicted octanol–water partition coefficient (Wildman–Crippen LogP) is 5.74. The normalized spacial score (nSPS) is 15.9. The number of nitrogens with zero attached hydrogens (tertiary/aromatic N) is 4. The lowest BCUT2D eigenvalue weighted by molar-refractivity contribution is 0.0452. The van der Waals surface area contributed by atoms with Crippen LogP contribution in [0, 0.1) is 0 Å². The zero-order valence-corrected chi connectivity index (χ0v) is 24.3. The van der Waals surface area contributed by atoms with Crippen LogP contribution in [0.15, 0.2) is 42.5 Å². The van der Waals surface area contributed by atoms with Gasteiger partial charge in [0.2, 0.25) is 0 Å². The van der Waals surface area contributed by atoms with Gasteiger partial charge in [0.1, 0.15) is 11.4 Å². The van der Waals surface area contributed by atoms with Gasteiger partial charge in [-0.15, -0.1) is 0 Å². The molecule has 5 rings (SSSR count). The number of fused-ring (bicyclic) bond motifs is 2. The fourth-order valence-electron chi connectivity index (χ4n) is 5.51. The summed E-state index contributed by atoms with van der Waals surface area (Å²) in [5.74, 6) is 1.63. The van der Waals surface area contributed by atoms with E-state index in [9.17, 15) is 9.59 Å². The van der Waals surface area contributed by atoms with Crippen molar-refractivity contribution >= 4 is 33.9 Å². The summed E-state index contributed by atoms with van der Waals surface area (Å²) in [6.45, 7) is 12.1. The molecular weight excluding hydrogens is 506 g/mol. The molecule has 1 N–H and O–H groups in total. The molecule has 1 aliphatic rings. The first-order valence-electron chi connectivity index (χ1n) is 14.1. The number of alkyl carbamates (subject to hydrolysis) is 1. The van der Waals surface area contributed by atoms with E-state index >= 15 is 0 Å². The molecule has 9 nitrogen and oxygen atoms in total. The molecule has 0 radical (unpaired) electrons. The molecule has 2 amide bonds. The van der Waals surface area contributed by atoms with Crippen LogP contribution < -0.4 is 10.1 Å². The van der Waals surface area contributed by atoms with Gasteiger partial charge in [0.05, 0.1) is 28.9 Å². The topological polar surface area (TPSA) is 90.6 Å². The van der Waals surface area contributed by atoms with Crippen LogP contribution in [-0.4, -0.2) is 62.4 Å². The highest BCUT2D eigenvalue weighted by atomic mass is 16.6. The van der Waals surface area contributed by atoms with Gasteiger partial charge in [-0.05, 0) is 83.9 Å². The number of carbonyl (C=O) groups is 2. The molecule has 2 aromatic carbocycles. The molecule has 1 atom stereocenters. The van der Waals surface area contributed by atoms with Gasteiger partial charge in [-0.25, -0.2) is 9.78 Å². The van der Waals surface area contributed by atoms with Crippen molar-refractivity contribution in [2.24, 2.45) is 7.05 Å². The molecule has 0 unspecified atom stereocenters. The van der Waals surface area contributed by atoms with Gasteiger partial charge in [-0.1, -0.05) is 0 Å². The summed E-state index contributed by atoms with van der Waals surface area (Å²) >= 11 is 0. The number of hydrogen-bond donors (Lipinski definition) is 1. The third-order valence-corrected chi connectivity index (χ3v) is 7.29. The summed E-state index contributed by atoms with van der Waals surface area (Å²) in [5, 5.41) is 4.05. The van der Waals surface area contributed by atoms with Crippen LogP contribution in [0.4, 0.5) is 4.79 Å². The molecule has 212 valence electrons. The van der Waals surface area contributed by atoms with Crippen molar-refractivity contribution in [2.75, 3.05) is 19.7 Å². The number of amides is 2. The smallest absolute Gasteiger partial charge is 0.407 e. The van der Waals surface area contributed by atoms with Crippen molar-refractivity contribution in [3.8, 4) is 17.3 Å². The molecule has 1 aliphatic heterocycles. The van der Waals surface area contributed by atoms with Crippen LogP contribution in [0.25, 0.3) is 33.5 Å². The lowest BCUT2D eigenvalue weighted by atomic mass is 10.0. The van der Waals surface area contributed by atoms with Gasteiger partial charge < -0.3 is 28.8 Å². The Morgan fingerprint density at radius 3 is 2.60 bits per heavy atom. The number of benzene rings is 2. The standard InChI is InChI=1S/C31H39N5O4/c1-7-36-26-18-23(39-8-2)13-11-20(26)17-27(36)28-33-24-16-21(12-14-25(24)34(28)6)29(37)35-15-9-10-22(19-35)32-30(38)40-31(3,4)5/h11-14,16-18,22H,7-10,15,19H2,1-6H3,(H,32,38)/t22-/m1/s1. The maximum Gasteiger partial charge on any atom is 0.407 e. The minimum absolute atomic E-state index is 0.0593. The number of hydrogen-bond acceptors (Lipinski definition) is 5. The largest absolute Gasteiger partial charge is 0.494 e. The number of nitrogens with one attached hydrogen (secondary N) is 1. The molecule has 0 spiro atoms.